The molecule has 1 aliphatic heterocycles. The minimum absolute atomic E-state index is 0.0484. The van der Waals surface area contributed by atoms with Gasteiger partial charge in [0.1, 0.15) is 0 Å². The van der Waals surface area contributed by atoms with Crippen molar-refractivity contribution in [1.29, 1.82) is 0 Å². The maximum atomic E-state index is 12.2. The second kappa shape index (κ2) is 8.32. The van der Waals surface area contributed by atoms with Crippen molar-refractivity contribution in [3.05, 3.63) is 82.5 Å². The summed E-state index contributed by atoms with van der Waals surface area (Å²) in [6.07, 6.45) is 3.52. The molecule has 0 aliphatic carbocycles. The number of hydrogen-bond donors (Lipinski definition) is 0. The van der Waals surface area contributed by atoms with Crippen LogP contribution in [0.5, 0.6) is 0 Å². The molecule has 2 aromatic rings. The van der Waals surface area contributed by atoms with E-state index in [2.05, 4.69) is 41.0 Å². The first kappa shape index (κ1) is 17.7. The molecule has 0 N–H and O–H groups in total. The van der Waals surface area contributed by atoms with Crippen molar-refractivity contribution in [1.82, 2.24) is 9.80 Å². The number of halogens is 1. The largest absolute Gasteiger partial charge is 0.375 e. The van der Waals surface area contributed by atoms with Crippen LogP contribution in [0.1, 0.15) is 21.5 Å². The van der Waals surface area contributed by atoms with Crippen LogP contribution >= 0.6 is 11.6 Å². The smallest absolute Gasteiger partial charge is 0.188 e. The Morgan fingerprint density at radius 1 is 1.04 bits per heavy atom. The summed E-state index contributed by atoms with van der Waals surface area (Å²) in [6, 6.07) is 15.9. The Labute approximate surface area is 154 Å². The van der Waals surface area contributed by atoms with E-state index in [0.717, 1.165) is 32.7 Å². The van der Waals surface area contributed by atoms with Gasteiger partial charge < -0.3 is 4.90 Å². The van der Waals surface area contributed by atoms with Gasteiger partial charge in [0.2, 0.25) is 0 Å². The number of hydrogen-bond acceptors (Lipinski definition) is 3. The van der Waals surface area contributed by atoms with E-state index in [9.17, 15) is 4.79 Å². The molecule has 1 saturated heterocycles. The minimum atomic E-state index is -0.0484. The fourth-order valence-corrected chi connectivity index (χ4v) is 3.17. The number of allylic oxidation sites excluding steroid dienone is 1. The molecule has 4 heteroatoms. The van der Waals surface area contributed by atoms with Gasteiger partial charge in [-0.05, 0) is 24.6 Å². The summed E-state index contributed by atoms with van der Waals surface area (Å²) in [5.74, 6) is -0.0484. The summed E-state index contributed by atoms with van der Waals surface area (Å²) in [5.41, 5.74) is 3.20. The van der Waals surface area contributed by atoms with E-state index in [-0.39, 0.29) is 5.78 Å². The van der Waals surface area contributed by atoms with E-state index in [4.69, 9.17) is 11.6 Å². The highest BCUT2D eigenvalue weighted by Crippen LogP contribution is 2.16. The minimum Gasteiger partial charge on any atom is -0.375 e. The Hall–Kier alpha value is -2.10. The molecule has 0 unspecified atom stereocenters. The normalized spacial score (nSPS) is 15.7. The summed E-state index contributed by atoms with van der Waals surface area (Å²) in [6.45, 7) is 6.95. The molecular weight excluding hydrogens is 332 g/mol. The number of rotatable bonds is 5. The Bertz CT molecular complexity index is 747. The molecule has 0 amide bonds. The molecule has 3 nitrogen and oxygen atoms in total. The van der Waals surface area contributed by atoms with Crippen LogP contribution in [0, 0.1) is 6.92 Å². The van der Waals surface area contributed by atoms with Crippen molar-refractivity contribution in [2.75, 3.05) is 26.2 Å². The lowest BCUT2D eigenvalue weighted by molar-refractivity contribution is 0.104. The van der Waals surface area contributed by atoms with E-state index in [1.807, 2.05) is 18.3 Å². The third kappa shape index (κ3) is 4.94. The first-order valence-electron chi connectivity index (χ1n) is 8.61. The van der Waals surface area contributed by atoms with Gasteiger partial charge in [0.25, 0.3) is 0 Å². The van der Waals surface area contributed by atoms with E-state index in [1.165, 1.54) is 11.1 Å². The predicted octanol–water partition coefficient (Wildman–Crippen LogP) is 4.16. The maximum Gasteiger partial charge on any atom is 0.188 e. The van der Waals surface area contributed by atoms with Gasteiger partial charge in [0.15, 0.2) is 5.78 Å². The molecule has 0 radical (unpaired) electrons. The van der Waals surface area contributed by atoms with Crippen molar-refractivity contribution >= 4 is 17.4 Å². The molecule has 25 heavy (non-hydrogen) atoms. The Balaban J connectivity index is 1.50. The zero-order valence-electron chi connectivity index (χ0n) is 14.5. The van der Waals surface area contributed by atoms with Crippen LogP contribution in [0.4, 0.5) is 0 Å². The predicted molar refractivity (Wildman–Crippen MR) is 103 cm³/mol. The van der Waals surface area contributed by atoms with E-state index < -0.39 is 0 Å². The van der Waals surface area contributed by atoms with Crippen LogP contribution in [0.15, 0.2) is 60.8 Å². The molecule has 0 aromatic heterocycles. The Kier molecular flexibility index (Phi) is 5.90. The van der Waals surface area contributed by atoms with Crippen LogP contribution in [0.25, 0.3) is 0 Å². The van der Waals surface area contributed by atoms with Crippen LogP contribution in [-0.4, -0.2) is 41.8 Å². The number of piperazine rings is 1. The van der Waals surface area contributed by atoms with Crippen molar-refractivity contribution in [2.24, 2.45) is 0 Å². The lowest BCUT2D eigenvalue weighted by Gasteiger charge is -2.34. The summed E-state index contributed by atoms with van der Waals surface area (Å²) < 4.78 is 0. The van der Waals surface area contributed by atoms with E-state index in [1.54, 1.807) is 18.2 Å². The summed E-state index contributed by atoms with van der Waals surface area (Å²) in [5, 5.41) is 0.500. The summed E-state index contributed by atoms with van der Waals surface area (Å²) in [7, 11) is 0. The van der Waals surface area contributed by atoms with Gasteiger partial charge in [0.05, 0.1) is 5.02 Å². The van der Waals surface area contributed by atoms with Crippen molar-refractivity contribution in [3.8, 4) is 0 Å². The Morgan fingerprint density at radius 2 is 1.72 bits per heavy atom. The second-order valence-electron chi connectivity index (χ2n) is 6.46. The molecule has 3 rings (SSSR count). The van der Waals surface area contributed by atoms with Gasteiger partial charge in [0, 0.05) is 50.6 Å². The average molecular weight is 355 g/mol. The number of carbonyl (C=O) groups is 1. The molecule has 2 aromatic carbocycles. The van der Waals surface area contributed by atoms with Gasteiger partial charge in [-0.25, -0.2) is 0 Å². The third-order valence-electron chi connectivity index (χ3n) is 4.51. The van der Waals surface area contributed by atoms with Gasteiger partial charge >= 0.3 is 0 Å². The van der Waals surface area contributed by atoms with Crippen LogP contribution < -0.4 is 0 Å². The highest BCUT2D eigenvalue weighted by molar-refractivity contribution is 6.34. The fourth-order valence-electron chi connectivity index (χ4n) is 2.95. The van der Waals surface area contributed by atoms with E-state index in [0.29, 0.717) is 10.6 Å². The molecule has 1 fully saturated rings. The third-order valence-corrected chi connectivity index (χ3v) is 4.84. The Morgan fingerprint density at radius 3 is 2.40 bits per heavy atom. The first-order chi connectivity index (χ1) is 12.1. The van der Waals surface area contributed by atoms with Crippen molar-refractivity contribution < 1.29 is 4.79 Å². The van der Waals surface area contributed by atoms with Gasteiger partial charge in [-0.15, -0.1) is 0 Å². The fraction of sp³-hybridized carbons (Fsp3) is 0.286. The number of aryl methyl sites for hydroxylation is 1. The molecule has 1 heterocycles. The molecule has 0 spiro atoms. The van der Waals surface area contributed by atoms with Crippen LogP contribution in [0.2, 0.25) is 5.02 Å². The molecule has 0 bridgehead atoms. The van der Waals surface area contributed by atoms with Gasteiger partial charge in [-0.2, -0.15) is 0 Å². The van der Waals surface area contributed by atoms with Gasteiger partial charge in [-0.1, -0.05) is 53.6 Å². The van der Waals surface area contributed by atoms with Crippen molar-refractivity contribution in [3.63, 3.8) is 0 Å². The highest BCUT2D eigenvalue weighted by atomic mass is 35.5. The lowest BCUT2D eigenvalue weighted by atomic mass is 10.1. The topological polar surface area (TPSA) is 23.6 Å². The summed E-state index contributed by atoms with van der Waals surface area (Å²) in [4.78, 5) is 16.9. The molecule has 1 aliphatic rings. The number of benzene rings is 2. The zero-order chi connectivity index (χ0) is 17.6. The molecule has 0 atom stereocenters. The quantitative estimate of drug-likeness (QED) is 0.595. The highest BCUT2D eigenvalue weighted by Gasteiger charge is 2.15. The maximum absolute atomic E-state index is 12.2. The molecule has 130 valence electrons. The van der Waals surface area contributed by atoms with Crippen LogP contribution in [0.3, 0.4) is 0 Å². The molecular formula is C21H23ClN2O. The summed E-state index contributed by atoms with van der Waals surface area (Å²) >= 11 is 6.07. The van der Waals surface area contributed by atoms with Crippen molar-refractivity contribution in [2.45, 2.75) is 13.5 Å². The lowest BCUT2D eigenvalue weighted by Crippen LogP contribution is -2.43. The monoisotopic (exact) mass is 354 g/mol. The average Bonchev–Trinajstić information content (AvgIpc) is 2.63. The SMILES string of the molecule is Cc1ccc(CN2CCN(/C=C/C(=O)c3ccccc3Cl)CC2)cc1. The van der Waals surface area contributed by atoms with E-state index >= 15 is 0 Å². The number of nitrogens with zero attached hydrogens (tertiary/aromatic N) is 2. The first-order valence-corrected chi connectivity index (χ1v) is 8.98. The number of carbonyl (C=O) groups excluding carboxylic acids is 1. The zero-order valence-corrected chi connectivity index (χ0v) is 15.2. The number of ketones is 1. The van der Waals surface area contributed by atoms with Gasteiger partial charge in [-0.3, -0.25) is 9.69 Å². The second-order valence-corrected chi connectivity index (χ2v) is 6.86. The standard InChI is InChI=1S/C21H23ClN2O/c1-17-6-8-18(9-7-17)16-24-14-12-23(13-15-24)11-10-21(25)19-4-2-3-5-20(19)22/h2-11H,12-16H2,1H3/b11-10+. The van der Waals surface area contributed by atoms with Crippen LogP contribution in [-0.2, 0) is 6.54 Å². The molecule has 0 saturated carbocycles.